The molecule has 0 fully saturated rings. The molecule has 1 heterocycles. The maximum Gasteiger partial charge on any atom is 0.387 e. The number of hydrogen-bond acceptors (Lipinski definition) is 5. The number of nitrogens with one attached hydrogen (secondary N) is 2. The van der Waals surface area contributed by atoms with Gasteiger partial charge in [-0.2, -0.15) is 8.78 Å². The van der Waals surface area contributed by atoms with Crippen molar-refractivity contribution >= 4 is 5.96 Å². The second-order valence-corrected chi connectivity index (χ2v) is 6.00. The van der Waals surface area contributed by atoms with Crippen molar-refractivity contribution in [2.45, 2.75) is 33.0 Å². The van der Waals surface area contributed by atoms with Crippen LogP contribution in [0.25, 0.3) is 0 Å². The lowest BCUT2D eigenvalue weighted by Crippen LogP contribution is -2.38. The molecule has 0 amide bonds. The smallest absolute Gasteiger partial charge is 0.387 e. The van der Waals surface area contributed by atoms with Crippen LogP contribution >= 0.6 is 0 Å². The predicted molar refractivity (Wildman–Crippen MR) is 101 cm³/mol. The lowest BCUT2D eigenvalue weighted by atomic mass is 10.2. The largest absolute Gasteiger partial charge is 0.434 e. The summed E-state index contributed by atoms with van der Waals surface area (Å²) in [5.41, 5.74) is 0.565. The summed E-state index contributed by atoms with van der Waals surface area (Å²) in [6.45, 7) is 0.854. The quantitative estimate of drug-likeness (QED) is 0.363. The summed E-state index contributed by atoms with van der Waals surface area (Å²) < 4.78 is 36.6. The van der Waals surface area contributed by atoms with Gasteiger partial charge < -0.3 is 24.7 Å². The van der Waals surface area contributed by atoms with Crippen LogP contribution in [0, 0.1) is 6.92 Å². The zero-order chi connectivity index (χ0) is 20.4. The fourth-order valence-electron chi connectivity index (χ4n) is 2.37. The van der Waals surface area contributed by atoms with E-state index in [9.17, 15) is 8.78 Å². The van der Waals surface area contributed by atoms with E-state index >= 15 is 0 Å². The van der Waals surface area contributed by atoms with Crippen LogP contribution in [0.3, 0.4) is 0 Å². The highest BCUT2D eigenvalue weighted by Crippen LogP contribution is 2.20. The highest BCUT2D eigenvalue weighted by molar-refractivity contribution is 5.79. The SMILES string of the molecule is COCCCNC(=NCc1ccccc1OC(F)F)NCc1nnc(C)n1C. The average molecular weight is 396 g/mol. The number of benzene rings is 1. The van der Waals surface area contributed by atoms with Gasteiger partial charge in [0.05, 0.1) is 13.1 Å². The lowest BCUT2D eigenvalue weighted by molar-refractivity contribution is -0.0504. The monoisotopic (exact) mass is 396 g/mol. The van der Waals surface area contributed by atoms with Gasteiger partial charge in [0.1, 0.15) is 11.6 Å². The number of halogens is 2. The molecule has 0 atom stereocenters. The minimum atomic E-state index is -2.88. The predicted octanol–water partition coefficient (Wildman–Crippen LogP) is 2.00. The Morgan fingerprint density at radius 1 is 1.25 bits per heavy atom. The number of alkyl halides is 2. The van der Waals surface area contributed by atoms with Gasteiger partial charge in [0.25, 0.3) is 0 Å². The minimum Gasteiger partial charge on any atom is -0.434 e. The number of hydrogen-bond donors (Lipinski definition) is 2. The number of para-hydroxylation sites is 1. The van der Waals surface area contributed by atoms with Crippen LogP contribution in [-0.4, -0.2) is 47.6 Å². The van der Waals surface area contributed by atoms with Crippen molar-refractivity contribution in [2.75, 3.05) is 20.3 Å². The van der Waals surface area contributed by atoms with E-state index in [2.05, 4.69) is 30.6 Å². The molecule has 0 aliphatic carbocycles. The van der Waals surface area contributed by atoms with Gasteiger partial charge in [0.15, 0.2) is 11.8 Å². The van der Waals surface area contributed by atoms with E-state index in [0.717, 1.165) is 18.1 Å². The molecule has 2 rings (SSSR count). The van der Waals surface area contributed by atoms with E-state index in [1.807, 2.05) is 18.5 Å². The molecule has 0 saturated heterocycles. The second-order valence-electron chi connectivity index (χ2n) is 6.00. The van der Waals surface area contributed by atoms with E-state index in [1.54, 1.807) is 25.3 Å². The van der Waals surface area contributed by atoms with Crippen molar-refractivity contribution in [3.63, 3.8) is 0 Å². The molecule has 28 heavy (non-hydrogen) atoms. The first-order valence-corrected chi connectivity index (χ1v) is 8.90. The molecule has 2 aromatic rings. The Hall–Kier alpha value is -2.75. The third-order valence-corrected chi connectivity index (χ3v) is 4.01. The Morgan fingerprint density at radius 2 is 2.04 bits per heavy atom. The van der Waals surface area contributed by atoms with Crippen molar-refractivity contribution in [3.8, 4) is 5.75 Å². The first kappa shape index (κ1) is 21.5. The van der Waals surface area contributed by atoms with Gasteiger partial charge in [-0.05, 0) is 19.4 Å². The first-order valence-electron chi connectivity index (χ1n) is 8.90. The molecule has 0 unspecified atom stereocenters. The van der Waals surface area contributed by atoms with Crippen LogP contribution in [0.5, 0.6) is 5.75 Å². The molecule has 2 N–H and O–H groups in total. The van der Waals surface area contributed by atoms with Crippen molar-refractivity contribution in [1.82, 2.24) is 25.4 Å². The molecule has 0 aliphatic heterocycles. The second kappa shape index (κ2) is 11.2. The van der Waals surface area contributed by atoms with Crippen molar-refractivity contribution in [1.29, 1.82) is 0 Å². The average Bonchev–Trinajstić information content (AvgIpc) is 2.99. The van der Waals surface area contributed by atoms with E-state index in [4.69, 9.17) is 4.74 Å². The summed E-state index contributed by atoms with van der Waals surface area (Å²) >= 11 is 0. The Morgan fingerprint density at radius 3 is 2.71 bits per heavy atom. The molecule has 0 aliphatic rings. The van der Waals surface area contributed by atoms with Gasteiger partial charge in [-0.1, -0.05) is 18.2 Å². The molecule has 0 saturated carbocycles. The molecule has 0 radical (unpaired) electrons. The van der Waals surface area contributed by atoms with E-state index in [1.165, 1.54) is 6.07 Å². The van der Waals surface area contributed by atoms with Crippen molar-refractivity contribution < 1.29 is 18.3 Å². The summed E-state index contributed by atoms with van der Waals surface area (Å²) in [6.07, 6.45) is 0.797. The van der Waals surface area contributed by atoms with Gasteiger partial charge in [-0.15, -0.1) is 10.2 Å². The third kappa shape index (κ3) is 6.76. The molecule has 154 valence electrons. The van der Waals surface area contributed by atoms with Gasteiger partial charge in [-0.3, -0.25) is 0 Å². The summed E-state index contributed by atoms with van der Waals surface area (Å²) in [5.74, 6) is 2.21. The first-order chi connectivity index (χ1) is 13.5. The number of nitrogens with zero attached hydrogens (tertiary/aromatic N) is 4. The number of methoxy groups -OCH3 is 1. The van der Waals surface area contributed by atoms with Crippen LogP contribution < -0.4 is 15.4 Å². The van der Waals surface area contributed by atoms with Crippen LogP contribution in [0.1, 0.15) is 23.6 Å². The molecule has 10 heteroatoms. The molecule has 8 nitrogen and oxygen atoms in total. The van der Waals surface area contributed by atoms with Crippen LogP contribution in [0.4, 0.5) is 8.78 Å². The number of aliphatic imine (C=N–C) groups is 1. The Kier molecular flexibility index (Phi) is 8.60. The highest BCUT2D eigenvalue weighted by atomic mass is 19.3. The summed E-state index contributed by atoms with van der Waals surface area (Å²) in [5, 5.41) is 14.5. The van der Waals surface area contributed by atoms with Gasteiger partial charge >= 0.3 is 6.61 Å². The van der Waals surface area contributed by atoms with Gasteiger partial charge in [0.2, 0.25) is 0 Å². The standard InChI is InChI=1S/C18H26F2N6O2/c1-13-24-25-16(26(13)2)12-23-18(21-9-6-10-27-3)22-11-14-7-4-5-8-15(14)28-17(19)20/h4-5,7-8,17H,6,9-12H2,1-3H3,(H2,21,22,23). The molecular formula is C18H26F2N6O2. The fourth-order valence-corrected chi connectivity index (χ4v) is 2.37. The number of guanidine groups is 1. The van der Waals surface area contributed by atoms with E-state index in [0.29, 0.717) is 31.2 Å². The maximum atomic E-state index is 12.6. The maximum absolute atomic E-state index is 12.6. The summed E-state index contributed by atoms with van der Waals surface area (Å²) in [4.78, 5) is 4.48. The van der Waals surface area contributed by atoms with Crippen molar-refractivity contribution in [3.05, 3.63) is 41.5 Å². The van der Waals surface area contributed by atoms with E-state index in [-0.39, 0.29) is 12.3 Å². The van der Waals surface area contributed by atoms with Crippen molar-refractivity contribution in [2.24, 2.45) is 12.0 Å². The van der Waals surface area contributed by atoms with E-state index < -0.39 is 6.61 Å². The number of rotatable bonds is 10. The topological polar surface area (TPSA) is 85.6 Å². The van der Waals surface area contributed by atoms with Gasteiger partial charge in [-0.25, -0.2) is 4.99 Å². The highest BCUT2D eigenvalue weighted by Gasteiger charge is 2.10. The van der Waals surface area contributed by atoms with Crippen LogP contribution in [0.2, 0.25) is 0 Å². The lowest BCUT2D eigenvalue weighted by Gasteiger charge is -2.13. The molecule has 1 aromatic carbocycles. The number of aromatic nitrogens is 3. The molecule has 1 aromatic heterocycles. The number of aryl methyl sites for hydroxylation is 1. The summed E-state index contributed by atoms with van der Waals surface area (Å²) in [7, 11) is 3.52. The fraction of sp³-hybridized carbons (Fsp3) is 0.500. The minimum absolute atomic E-state index is 0.115. The summed E-state index contributed by atoms with van der Waals surface area (Å²) in [6, 6.07) is 6.60. The third-order valence-electron chi connectivity index (χ3n) is 4.01. The molecular weight excluding hydrogens is 370 g/mol. The molecule has 0 spiro atoms. The number of ether oxygens (including phenoxy) is 2. The van der Waals surface area contributed by atoms with Crippen LogP contribution in [-0.2, 0) is 24.9 Å². The Labute approximate surface area is 163 Å². The molecule has 0 bridgehead atoms. The Balaban J connectivity index is 2.06. The Bertz CT molecular complexity index is 766. The van der Waals surface area contributed by atoms with Crippen LogP contribution in [0.15, 0.2) is 29.3 Å². The normalized spacial score (nSPS) is 11.7. The zero-order valence-corrected chi connectivity index (χ0v) is 16.3. The van der Waals surface area contributed by atoms with Gasteiger partial charge in [0, 0.05) is 32.9 Å². The zero-order valence-electron chi connectivity index (χ0n) is 16.3.